The van der Waals surface area contributed by atoms with Crippen molar-refractivity contribution in [1.82, 2.24) is 20.0 Å². The molecule has 0 bridgehead atoms. The van der Waals surface area contributed by atoms with Crippen LogP contribution < -0.4 is 5.73 Å². The first-order valence-corrected chi connectivity index (χ1v) is 4.47. The third-order valence-corrected chi connectivity index (χ3v) is 1.96. The number of nitrogen functional groups attached to an aromatic ring is 1. The first kappa shape index (κ1) is 10.1. The second-order valence-electron chi connectivity index (χ2n) is 3.22. The lowest BCUT2D eigenvalue weighted by Crippen LogP contribution is -2.04. The molecule has 16 heavy (non-hydrogen) atoms. The number of carboxylic acids is 1. The van der Waals surface area contributed by atoms with Gasteiger partial charge in [0.15, 0.2) is 11.5 Å². The molecule has 0 unspecified atom stereocenters. The van der Waals surface area contributed by atoms with Gasteiger partial charge in [-0.15, -0.1) is 5.10 Å². The number of hydrogen-bond acceptors (Lipinski definition) is 5. The monoisotopic (exact) mass is 219 g/mol. The minimum absolute atomic E-state index is 0.0925. The number of hydrogen-bond donors (Lipinski definition) is 2. The van der Waals surface area contributed by atoms with Crippen LogP contribution in [-0.4, -0.2) is 31.1 Å². The van der Waals surface area contributed by atoms with Crippen molar-refractivity contribution < 1.29 is 9.90 Å². The summed E-state index contributed by atoms with van der Waals surface area (Å²) in [6, 6.07) is 3.43. The molecule has 0 aliphatic rings. The van der Waals surface area contributed by atoms with E-state index in [4.69, 9.17) is 10.8 Å². The molecule has 0 saturated carbocycles. The topological polar surface area (TPSA) is 107 Å². The number of nitrogens with two attached hydrogens (primary N) is 1. The fourth-order valence-electron chi connectivity index (χ4n) is 1.18. The summed E-state index contributed by atoms with van der Waals surface area (Å²) in [5.74, 6) is -0.749. The van der Waals surface area contributed by atoms with E-state index in [2.05, 4.69) is 15.3 Å². The van der Waals surface area contributed by atoms with Gasteiger partial charge >= 0.3 is 5.97 Å². The minimum atomic E-state index is -1.17. The number of aromatic carboxylic acids is 1. The molecule has 7 heteroatoms. The van der Waals surface area contributed by atoms with Gasteiger partial charge in [0, 0.05) is 0 Å². The molecule has 0 aliphatic carbocycles. The number of aromatic nitrogens is 4. The molecule has 2 heterocycles. The Morgan fingerprint density at radius 2 is 2.19 bits per heavy atom. The summed E-state index contributed by atoms with van der Waals surface area (Å²) in [7, 11) is 0. The maximum atomic E-state index is 10.7. The lowest BCUT2D eigenvalue weighted by molar-refractivity contribution is 0.0691. The number of nitrogens with zero attached hydrogens (tertiary/aromatic N) is 4. The van der Waals surface area contributed by atoms with Crippen LogP contribution in [0.1, 0.15) is 16.2 Å². The molecule has 0 aliphatic heterocycles. The summed E-state index contributed by atoms with van der Waals surface area (Å²) in [4.78, 5) is 10.7. The third-order valence-electron chi connectivity index (χ3n) is 1.96. The van der Waals surface area contributed by atoms with Gasteiger partial charge in [0.2, 0.25) is 0 Å². The first-order chi connectivity index (χ1) is 7.58. The van der Waals surface area contributed by atoms with E-state index in [0.29, 0.717) is 5.82 Å². The van der Waals surface area contributed by atoms with Crippen molar-refractivity contribution in [2.24, 2.45) is 0 Å². The first-order valence-electron chi connectivity index (χ1n) is 4.47. The van der Waals surface area contributed by atoms with Gasteiger partial charge < -0.3 is 10.8 Å². The van der Waals surface area contributed by atoms with Crippen LogP contribution in [0.4, 0.5) is 5.69 Å². The minimum Gasteiger partial charge on any atom is -0.476 e. The molecule has 2 aromatic rings. The van der Waals surface area contributed by atoms with Crippen molar-refractivity contribution in [1.29, 1.82) is 0 Å². The van der Waals surface area contributed by atoms with Crippen molar-refractivity contribution in [3.63, 3.8) is 0 Å². The average Bonchev–Trinajstić information content (AvgIpc) is 2.61. The molecule has 0 radical (unpaired) electrons. The van der Waals surface area contributed by atoms with Gasteiger partial charge in [-0.2, -0.15) is 10.2 Å². The van der Waals surface area contributed by atoms with Crippen LogP contribution in [0.15, 0.2) is 18.3 Å². The molecule has 0 atom stereocenters. The maximum Gasteiger partial charge on any atom is 0.358 e. The molecule has 0 spiro atoms. The highest BCUT2D eigenvalue weighted by atomic mass is 16.4. The van der Waals surface area contributed by atoms with Gasteiger partial charge in [0.25, 0.3) is 0 Å². The summed E-state index contributed by atoms with van der Waals surface area (Å²) in [5, 5.41) is 20.3. The number of carboxylic acid groups (broad SMARTS) is 1. The van der Waals surface area contributed by atoms with Crippen LogP contribution in [0.5, 0.6) is 0 Å². The Balaban J connectivity index is 2.45. The van der Waals surface area contributed by atoms with Gasteiger partial charge in [-0.1, -0.05) is 0 Å². The fourth-order valence-corrected chi connectivity index (χ4v) is 1.18. The Morgan fingerprint density at radius 1 is 1.44 bits per heavy atom. The zero-order valence-corrected chi connectivity index (χ0v) is 8.45. The van der Waals surface area contributed by atoms with E-state index < -0.39 is 5.97 Å². The Kier molecular flexibility index (Phi) is 2.28. The highest BCUT2D eigenvalue weighted by molar-refractivity contribution is 5.91. The van der Waals surface area contributed by atoms with E-state index in [0.717, 1.165) is 5.69 Å². The van der Waals surface area contributed by atoms with Crippen molar-refractivity contribution in [2.75, 3.05) is 5.73 Å². The highest BCUT2D eigenvalue weighted by Gasteiger charge is 2.14. The van der Waals surface area contributed by atoms with Crippen LogP contribution in [0.2, 0.25) is 0 Å². The van der Waals surface area contributed by atoms with E-state index in [1.807, 2.05) is 0 Å². The molecular formula is C9H9N5O2. The van der Waals surface area contributed by atoms with Gasteiger partial charge in [0.1, 0.15) is 0 Å². The standard InChI is InChI=1S/C9H9N5O2/c1-5-2-3-7(12-11-5)14-4-6(10)8(13-14)9(15)16/h2-4H,10H2,1H3,(H,15,16). The lowest BCUT2D eigenvalue weighted by atomic mass is 10.4. The number of aryl methyl sites for hydroxylation is 1. The predicted octanol–water partition coefficient (Wildman–Crippen LogP) is 0.251. The Morgan fingerprint density at radius 3 is 2.69 bits per heavy atom. The van der Waals surface area contributed by atoms with E-state index in [-0.39, 0.29) is 11.4 Å². The zero-order valence-electron chi connectivity index (χ0n) is 8.45. The average molecular weight is 219 g/mol. The van der Waals surface area contributed by atoms with E-state index in [9.17, 15) is 4.79 Å². The summed E-state index contributed by atoms with van der Waals surface area (Å²) in [5.41, 5.74) is 6.16. The molecule has 2 aromatic heterocycles. The largest absolute Gasteiger partial charge is 0.476 e. The van der Waals surface area contributed by atoms with Crippen molar-refractivity contribution in [3.8, 4) is 5.82 Å². The van der Waals surface area contributed by atoms with Crippen molar-refractivity contribution in [2.45, 2.75) is 6.92 Å². The zero-order chi connectivity index (χ0) is 11.7. The van der Waals surface area contributed by atoms with Crippen LogP contribution in [0.25, 0.3) is 5.82 Å². The van der Waals surface area contributed by atoms with Gasteiger partial charge in [0.05, 0.1) is 17.6 Å². The van der Waals surface area contributed by atoms with Gasteiger partial charge in [-0.05, 0) is 19.1 Å². The van der Waals surface area contributed by atoms with Crippen LogP contribution in [0, 0.1) is 6.92 Å². The molecule has 0 fully saturated rings. The molecule has 0 amide bonds. The SMILES string of the molecule is Cc1ccc(-n2cc(N)c(C(=O)O)n2)nn1. The van der Waals surface area contributed by atoms with Crippen LogP contribution in [0.3, 0.4) is 0 Å². The number of rotatable bonds is 2. The van der Waals surface area contributed by atoms with E-state index in [1.54, 1.807) is 19.1 Å². The molecule has 2 rings (SSSR count). The van der Waals surface area contributed by atoms with Crippen molar-refractivity contribution >= 4 is 11.7 Å². The Hall–Kier alpha value is -2.44. The highest BCUT2D eigenvalue weighted by Crippen LogP contribution is 2.12. The summed E-state index contributed by atoms with van der Waals surface area (Å²) < 4.78 is 1.28. The molecule has 0 aromatic carbocycles. The molecule has 7 nitrogen and oxygen atoms in total. The second-order valence-corrected chi connectivity index (χ2v) is 3.22. The van der Waals surface area contributed by atoms with Gasteiger partial charge in [-0.3, -0.25) is 0 Å². The quantitative estimate of drug-likeness (QED) is 0.749. The lowest BCUT2D eigenvalue weighted by Gasteiger charge is -1.97. The molecule has 3 N–H and O–H groups in total. The summed E-state index contributed by atoms with van der Waals surface area (Å²) in [6.45, 7) is 1.80. The summed E-state index contributed by atoms with van der Waals surface area (Å²) in [6.07, 6.45) is 1.39. The molecule has 0 saturated heterocycles. The van der Waals surface area contributed by atoms with E-state index in [1.165, 1.54) is 10.9 Å². The normalized spacial score (nSPS) is 10.3. The Bertz CT molecular complexity index is 531. The Labute approximate surface area is 90.5 Å². The van der Waals surface area contributed by atoms with Crippen LogP contribution in [-0.2, 0) is 0 Å². The smallest absolute Gasteiger partial charge is 0.358 e. The van der Waals surface area contributed by atoms with Crippen LogP contribution >= 0.6 is 0 Å². The van der Waals surface area contributed by atoms with E-state index >= 15 is 0 Å². The molecular weight excluding hydrogens is 210 g/mol. The summed E-state index contributed by atoms with van der Waals surface area (Å²) >= 11 is 0. The van der Waals surface area contributed by atoms with Crippen molar-refractivity contribution in [3.05, 3.63) is 29.7 Å². The maximum absolute atomic E-state index is 10.7. The number of carbonyl (C=O) groups is 1. The fraction of sp³-hybridized carbons (Fsp3) is 0.111. The third kappa shape index (κ3) is 1.70. The molecule has 82 valence electrons. The number of anilines is 1. The predicted molar refractivity (Wildman–Crippen MR) is 55.3 cm³/mol. The second kappa shape index (κ2) is 3.61. The van der Waals surface area contributed by atoms with Gasteiger partial charge in [-0.25, -0.2) is 9.48 Å².